The summed E-state index contributed by atoms with van der Waals surface area (Å²) in [5.41, 5.74) is 1.09. The van der Waals surface area contributed by atoms with Crippen molar-refractivity contribution in [2.24, 2.45) is 11.3 Å². The molecule has 0 radical (unpaired) electrons. The highest BCUT2D eigenvalue weighted by Crippen LogP contribution is 2.41. The van der Waals surface area contributed by atoms with Crippen LogP contribution >= 0.6 is 15.9 Å². The summed E-state index contributed by atoms with van der Waals surface area (Å²) < 4.78 is 0.974. The molecule has 1 aliphatic heterocycles. The van der Waals surface area contributed by atoms with Crippen LogP contribution < -0.4 is 4.90 Å². The Balaban J connectivity index is 2.43. The summed E-state index contributed by atoms with van der Waals surface area (Å²) in [6, 6.07) is 5.54. The van der Waals surface area contributed by atoms with Gasteiger partial charge in [-0.15, -0.1) is 0 Å². The fourth-order valence-corrected chi connectivity index (χ4v) is 2.56. The van der Waals surface area contributed by atoms with E-state index in [4.69, 9.17) is 0 Å². The molecule has 0 saturated carbocycles. The van der Waals surface area contributed by atoms with Gasteiger partial charge in [-0.05, 0) is 43.5 Å². The average Bonchev–Trinajstić information content (AvgIpc) is 2.55. The van der Waals surface area contributed by atoms with Gasteiger partial charge in [0.25, 0.3) is 0 Å². The minimum atomic E-state index is -0.585. The van der Waals surface area contributed by atoms with Gasteiger partial charge in [0.05, 0.1) is 11.1 Å². The van der Waals surface area contributed by atoms with E-state index in [0.717, 1.165) is 10.0 Å². The molecule has 1 saturated heterocycles. The quantitative estimate of drug-likeness (QED) is 0.778. The molecule has 0 spiro atoms. The van der Waals surface area contributed by atoms with E-state index in [2.05, 4.69) is 15.9 Å². The Labute approximate surface area is 122 Å². The zero-order chi connectivity index (χ0) is 14.4. The fourth-order valence-electron chi connectivity index (χ4n) is 2.32. The van der Waals surface area contributed by atoms with E-state index >= 15 is 0 Å². The first-order valence-electron chi connectivity index (χ1n) is 6.41. The molecule has 0 aliphatic carbocycles. The van der Waals surface area contributed by atoms with Crippen LogP contribution in [0.1, 0.15) is 32.8 Å². The van der Waals surface area contributed by atoms with Gasteiger partial charge in [-0.3, -0.25) is 14.5 Å². The van der Waals surface area contributed by atoms with Crippen molar-refractivity contribution in [3.05, 3.63) is 28.2 Å². The maximum atomic E-state index is 12.6. The molecule has 19 heavy (non-hydrogen) atoms. The number of hydrogen-bond acceptors (Lipinski definition) is 2. The third kappa shape index (κ3) is 2.22. The first kappa shape index (κ1) is 14.3. The van der Waals surface area contributed by atoms with Crippen LogP contribution in [0.5, 0.6) is 0 Å². The topological polar surface area (TPSA) is 37.4 Å². The molecule has 0 aromatic heterocycles. The van der Waals surface area contributed by atoms with Gasteiger partial charge in [0.2, 0.25) is 11.8 Å². The van der Waals surface area contributed by atoms with Crippen molar-refractivity contribution in [2.75, 3.05) is 4.90 Å². The van der Waals surface area contributed by atoms with Crippen LogP contribution in [-0.2, 0) is 9.59 Å². The Hall–Kier alpha value is -1.16. The zero-order valence-corrected chi connectivity index (χ0v) is 13.2. The monoisotopic (exact) mass is 323 g/mol. The van der Waals surface area contributed by atoms with E-state index in [0.29, 0.717) is 12.1 Å². The number of imide groups is 1. The minimum Gasteiger partial charge on any atom is -0.274 e. The zero-order valence-electron chi connectivity index (χ0n) is 11.7. The van der Waals surface area contributed by atoms with Crippen molar-refractivity contribution >= 4 is 33.4 Å². The molecule has 1 unspecified atom stereocenters. The number of hydrogen-bond donors (Lipinski definition) is 0. The number of rotatable bonds is 2. The van der Waals surface area contributed by atoms with Gasteiger partial charge in [-0.1, -0.05) is 29.8 Å². The van der Waals surface area contributed by atoms with Crippen LogP contribution in [0.15, 0.2) is 22.7 Å². The Kier molecular flexibility index (Phi) is 3.56. The van der Waals surface area contributed by atoms with Crippen LogP contribution in [0, 0.1) is 18.3 Å². The van der Waals surface area contributed by atoms with Crippen LogP contribution in [-0.4, -0.2) is 11.8 Å². The Morgan fingerprint density at radius 3 is 2.42 bits per heavy atom. The summed E-state index contributed by atoms with van der Waals surface area (Å²) in [5.74, 6) is -0.0531. The third-order valence-electron chi connectivity index (χ3n) is 4.13. The molecule has 2 rings (SSSR count). The first-order chi connectivity index (χ1) is 8.77. The SMILES string of the molecule is Cc1cc(N2C(=O)CC(C)(C(C)C)C2=O)ccc1Br. The number of amides is 2. The van der Waals surface area contributed by atoms with Crippen LogP contribution in [0.25, 0.3) is 0 Å². The molecule has 1 aliphatic rings. The van der Waals surface area contributed by atoms with Crippen molar-refractivity contribution in [2.45, 2.75) is 34.1 Å². The first-order valence-corrected chi connectivity index (χ1v) is 7.20. The van der Waals surface area contributed by atoms with E-state index in [1.165, 1.54) is 4.90 Å². The second-order valence-electron chi connectivity index (χ2n) is 5.72. The van der Waals surface area contributed by atoms with Gasteiger partial charge in [-0.25, -0.2) is 0 Å². The molecule has 1 atom stereocenters. The van der Waals surface area contributed by atoms with Crippen molar-refractivity contribution < 1.29 is 9.59 Å². The second-order valence-corrected chi connectivity index (χ2v) is 6.57. The lowest BCUT2D eigenvalue weighted by Gasteiger charge is -2.26. The summed E-state index contributed by atoms with van der Waals surface area (Å²) >= 11 is 3.43. The summed E-state index contributed by atoms with van der Waals surface area (Å²) in [7, 11) is 0. The van der Waals surface area contributed by atoms with Crippen molar-refractivity contribution in [1.29, 1.82) is 0 Å². The lowest BCUT2D eigenvalue weighted by molar-refractivity contribution is -0.126. The Bertz CT molecular complexity index is 553. The Morgan fingerprint density at radius 2 is 1.95 bits per heavy atom. The lowest BCUT2D eigenvalue weighted by atomic mass is 9.78. The maximum absolute atomic E-state index is 12.6. The molecule has 2 amide bonds. The van der Waals surface area contributed by atoms with Crippen molar-refractivity contribution in [1.82, 2.24) is 0 Å². The van der Waals surface area contributed by atoms with Gasteiger partial charge < -0.3 is 0 Å². The summed E-state index contributed by atoms with van der Waals surface area (Å²) in [6.07, 6.45) is 0.290. The molecule has 1 heterocycles. The predicted molar refractivity (Wildman–Crippen MR) is 78.9 cm³/mol. The summed E-state index contributed by atoms with van der Waals surface area (Å²) in [4.78, 5) is 26.1. The smallest absolute Gasteiger partial charge is 0.240 e. The number of carbonyl (C=O) groups is 2. The summed E-state index contributed by atoms with van der Waals surface area (Å²) in [5, 5.41) is 0. The number of halogens is 1. The van der Waals surface area contributed by atoms with Gasteiger partial charge in [-0.2, -0.15) is 0 Å². The molecule has 4 heteroatoms. The van der Waals surface area contributed by atoms with Gasteiger partial charge in [0.15, 0.2) is 0 Å². The molecular weight excluding hydrogens is 306 g/mol. The fraction of sp³-hybridized carbons (Fsp3) is 0.467. The highest BCUT2D eigenvalue weighted by atomic mass is 79.9. The molecule has 1 aromatic carbocycles. The Morgan fingerprint density at radius 1 is 1.32 bits per heavy atom. The number of nitrogens with zero attached hydrogens (tertiary/aromatic N) is 1. The van der Waals surface area contributed by atoms with Crippen LogP contribution in [0.3, 0.4) is 0 Å². The van der Waals surface area contributed by atoms with Crippen LogP contribution in [0.4, 0.5) is 5.69 Å². The molecule has 1 fully saturated rings. The van der Waals surface area contributed by atoms with Crippen molar-refractivity contribution in [3.8, 4) is 0 Å². The van der Waals surface area contributed by atoms with Crippen LogP contribution in [0.2, 0.25) is 0 Å². The highest BCUT2D eigenvalue weighted by Gasteiger charge is 2.50. The van der Waals surface area contributed by atoms with Gasteiger partial charge in [0, 0.05) is 10.9 Å². The molecule has 1 aromatic rings. The summed E-state index contributed by atoms with van der Waals surface area (Å²) in [6.45, 7) is 7.80. The minimum absolute atomic E-state index is 0.0887. The maximum Gasteiger partial charge on any atom is 0.240 e. The van der Waals surface area contributed by atoms with E-state index in [1.54, 1.807) is 6.07 Å². The lowest BCUT2D eigenvalue weighted by Crippen LogP contribution is -2.36. The second kappa shape index (κ2) is 4.75. The standard InChI is InChI=1S/C15H18BrNO2/c1-9(2)15(4)8-13(18)17(14(15)19)11-5-6-12(16)10(3)7-11/h5-7,9H,8H2,1-4H3. The molecule has 102 valence electrons. The molecular formula is C15H18BrNO2. The number of carbonyl (C=O) groups excluding carboxylic acids is 2. The number of benzene rings is 1. The van der Waals surface area contributed by atoms with Gasteiger partial charge >= 0.3 is 0 Å². The largest absolute Gasteiger partial charge is 0.274 e. The third-order valence-corrected chi connectivity index (χ3v) is 5.02. The highest BCUT2D eigenvalue weighted by molar-refractivity contribution is 9.10. The normalized spacial score (nSPS) is 23.6. The van der Waals surface area contributed by atoms with E-state index < -0.39 is 5.41 Å². The predicted octanol–water partition coefficient (Wildman–Crippen LogP) is 3.68. The number of anilines is 1. The van der Waals surface area contributed by atoms with E-state index in [1.807, 2.05) is 39.8 Å². The van der Waals surface area contributed by atoms with Gasteiger partial charge in [0.1, 0.15) is 0 Å². The number of aryl methyl sites for hydroxylation is 1. The van der Waals surface area contributed by atoms with Crippen molar-refractivity contribution in [3.63, 3.8) is 0 Å². The van der Waals surface area contributed by atoms with E-state index in [9.17, 15) is 9.59 Å². The molecule has 0 N–H and O–H groups in total. The molecule has 3 nitrogen and oxygen atoms in total. The average molecular weight is 324 g/mol. The molecule has 0 bridgehead atoms. The van der Waals surface area contributed by atoms with E-state index in [-0.39, 0.29) is 17.7 Å².